The lowest BCUT2D eigenvalue weighted by molar-refractivity contribution is -0.126. The maximum atomic E-state index is 15.7. The second kappa shape index (κ2) is 10.3. The minimum absolute atomic E-state index is 0.00622. The number of piperazine rings is 1. The molecular weight excluding hydrogens is 512 g/mol. The third-order valence-electron chi connectivity index (χ3n) is 7.27. The van der Waals surface area contributed by atoms with Gasteiger partial charge < -0.3 is 9.80 Å². The molecule has 7 nitrogen and oxygen atoms in total. The summed E-state index contributed by atoms with van der Waals surface area (Å²) in [4.78, 5) is 38.7. The summed E-state index contributed by atoms with van der Waals surface area (Å²) in [6.45, 7) is 12.7. The van der Waals surface area contributed by atoms with E-state index in [0.717, 1.165) is 5.56 Å². The Bertz CT molecular complexity index is 1690. The Morgan fingerprint density at radius 2 is 1.73 bits per heavy atom. The molecule has 0 N–H and O–H groups in total. The van der Waals surface area contributed by atoms with Crippen molar-refractivity contribution in [1.29, 1.82) is 0 Å². The van der Waals surface area contributed by atoms with Crippen LogP contribution < -0.4 is 10.6 Å². The summed E-state index contributed by atoms with van der Waals surface area (Å²) in [6.07, 6.45) is 1.27. The summed E-state index contributed by atoms with van der Waals surface area (Å²) in [5.74, 6) is -1.26. The van der Waals surface area contributed by atoms with E-state index in [1.54, 1.807) is 17.0 Å². The molecule has 206 valence electrons. The standard InChI is InChI=1S/C31H31F2N5O2/c1-6-26(39)36-15-16-37(19(2)18-36)28-21-17-24(33)27(20-11-7-9-13-23(20)32)34-29(21)38(30(40)35-28)25-14-10-8-12-22(25)31(3,4)5/h6-14,17,19H,1,15-16,18H2,2-5H3/t19-/m0/s1. The Morgan fingerprint density at radius 1 is 1.02 bits per heavy atom. The number of carbonyl (C=O) groups is 1. The second-order valence-electron chi connectivity index (χ2n) is 11.0. The molecule has 1 atom stereocenters. The van der Waals surface area contributed by atoms with Gasteiger partial charge in [0.2, 0.25) is 5.91 Å². The number of hydrogen-bond acceptors (Lipinski definition) is 5. The van der Waals surface area contributed by atoms with Gasteiger partial charge in [-0.1, -0.05) is 57.7 Å². The van der Waals surface area contributed by atoms with Crippen LogP contribution in [0.4, 0.5) is 14.6 Å². The van der Waals surface area contributed by atoms with Crippen LogP contribution in [0, 0.1) is 11.6 Å². The molecule has 4 aromatic rings. The number of amides is 1. The van der Waals surface area contributed by atoms with E-state index in [1.165, 1.54) is 34.9 Å². The number of aromatic nitrogens is 3. The van der Waals surface area contributed by atoms with E-state index < -0.39 is 17.3 Å². The van der Waals surface area contributed by atoms with Gasteiger partial charge in [0, 0.05) is 31.2 Å². The first kappa shape index (κ1) is 27.2. The summed E-state index contributed by atoms with van der Waals surface area (Å²) in [7, 11) is 0. The number of rotatable bonds is 4. The fraction of sp³-hybridized carbons (Fsp3) is 0.290. The maximum Gasteiger partial charge on any atom is 0.355 e. The van der Waals surface area contributed by atoms with E-state index >= 15 is 4.39 Å². The molecule has 9 heteroatoms. The molecule has 2 aromatic carbocycles. The molecule has 5 rings (SSSR count). The van der Waals surface area contributed by atoms with Gasteiger partial charge in [-0.25, -0.2) is 23.1 Å². The maximum absolute atomic E-state index is 15.7. The van der Waals surface area contributed by atoms with Crippen LogP contribution in [-0.4, -0.2) is 51.0 Å². The van der Waals surface area contributed by atoms with Crippen LogP contribution in [0.3, 0.4) is 0 Å². The quantitative estimate of drug-likeness (QED) is 0.329. The van der Waals surface area contributed by atoms with E-state index in [4.69, 9.17) is 0 Å². The number of halogens is 2. The zero-order chi connectivity index (χ0) is 28.8. The van der Waals surface area contributed by atoms with Crippen LogP contribution in [0.5, 0.6) is 0 Å². The highest BCUT2D eigenvalue weighted by Crippen LogP contribution is 2.34. The second-order valence-corrected chi connectivity index (χ2v) is 11.0. The van der Waals surface area contributed by atoms with Crippen molar-refractivity contribution < 1.29 is 13.6 Å². The summed E-state index contributed by atoms with van der Waals surface area (Å²) in [5, 5.41) is 0.316. The number of benzene rings is 2. The number of hydrogen-bond donors (Lipinski definition) is 0. The molecule has 1 amide bonds. The average molecular weight is 544 g/mol. The number of para-hydroxylation sites is 1. The van der Waals surface area contributed by atoms with Crippen molar-refractivity contribution >= 4 is 22.8 Å². The molecule has 0 radical (unpaired) electrons. The molecule has 0 unspecified atom stereocenters. The predicted octanol–water partition coefficient (Wildman–Crippen LogP) is 5.25. The van der Waals surface area contributed by atoms with Crippen molar-refractivity contribution in [2.24, 2.45) is 0 Å². The lowest BCUT2D eigenvalue weighted by Gasteiger charge is -2.40. The van der Waals surface area contributed by atoms with Gasteiger partial charge in [-0.15, -0.1) is 0 Å². The fourth-order valence-corrected chi connectivity index (χ4v) is 5.29. The minimum atomic E-state index is -0.733. The van der Waals surface area contributed by atoms with E-state index in [2.05, 4.69) is 16.5 Å². The zero-order valence-corrected chi connectivity index (χ0v) is 23.0. The van der Waals surface area contributed by atoms with Crippen LogP contribution >= 0.6 is 0 Å². The first-order chi connectivity index (χ1) is 19.0. The fourth-order valence-electron chi connectivity index (χ4n) is 5.29. The van der Waals surface area contributed by atoms with Gasteiger partial charge >= 0.3 is 5.69 Å². The molecule has 0 bridgehead atoms. The molecule has 0 spiro atoms. The molecule has 1 saturated heterocycles. The largest absolute Gasteiger partial charge is 0.355 e. The monoisotopic (exact) mass is 543 g/mol. The third-order valence-corrected chi connectivity index (χ3v) is 7.27. The summed E-state index contributed by atoms with van der Waals surface area (Å²) >= 11 is 0. The van der Waals surface area contributed by atoms with Gasteiger partial charge in [-0.05, 0) is 48.2 Å². The first-order valence-corrected chi connectivity index (χ1v) is 13.2. The molecule has 40 heavy (non-hydrogen) atoms. The third kappa shape index (κ3) is 4.76. The van der Waals surface area contributed by atoms with Crippen molar-refractivity contribution in [1.82, 2.24) is 19.4 Å². The van der Waals surface area contributed by atoms with Crippen LogP contribution in [0.2, 0.25) is 0 Å². The van der Waals surface area contributed by atoms with Gasteiger partial charge in [0.1, 0.15) is 23.1 Å². The van der Waals surface area contributed by atoms with Crippen molar-refractivity contribution in [2.45, 2.75) is 39.2 Å². The highest BCUT2D eigenvalue weighted by atomic mass is 19.1. The van der Waals surface area contributed by atoms with Crippen LogP contribution in [0.25, 0.3) is 28.0 Å². The summed E-state index contributed by atoms with van der Waals surface area (Å²) in [6, 6.07) is 14.3. The van der Waals surface area contributed by atoms with Gasteiger partial charge in [0.15, 0.2) is 5.65 Å². The van der Waals surface area contributed by atoms with Crippen molar-refractivity contribution in [3.63, 3.8) is 0 Å². The molecule has 3 heterocycles. The first-order valence-electron chi connectivity index (χ1n) is 13.2. The van der Waals surface area contributed by atoms with Gasteiger partial charge in [-0.2, -0.15) is 4.98 Å². The van der Waals surface area contributed by atoms with Gasteiger partial charge in [0.05, 0.1) is 11.1 Å². The number of fused-ring (bicyclic) bond motifs is 1. The van der Waals surface area contributed by atoms with Crippen LogP contribution in [0.15, 0.2) is 72.0 Å². The van der Waals surface area contributed by atoms with E-state index in [0.29, 0.717) is 30.7 Å². The SMILES string of the molecule is C=CC(=O)N1CCN(c2nc(=O)n(-c3ccccc3C(C)(C)C)c3nc(-c4ccccc4F)c(F)cc23)[C@@H](C)C1. The van der Waals surface area contributed by atoms with Crippen molar-refractivity contribution in [3.05, 3.63) is 94.9 Å². The molecule has 2 aromatic heterocycles. The van der Waals surface area contributed by atoms with Gasteiger partial charge in [-0.3, -0.25) is 4.79 Å². The topological polar surface area (TPSA) is 71.3 Å². The highest BCUT2D eigenvalue weighted by molar-refractivity contribution is 5.91. The van der Waals surface area contributed by atoms with E-state index in [-0.39, 0.29) is 40.1 Å². The zero-order valence-electron chi connectivity index (χ0n) is 23.0. The molecule has 1 aliphatic heterocycles. The van der Waals surface area contributed by atoms with Gasteiger partial charge in [0.25, 0.3) is 0 Å². The Labute approximate surface area is 231 Å². The summed E-state index contributed by atoms with van der Waals surface area (Å²) < 4.78 is 31.9. The Balaban J connectivity index is 1.80. The number of carbonyl (C=O) groups excluding carboxylic acids is 1. The lowest BCUT2D eigenvalue weighted by atomic mass is 9.85. The Morgan fingerprint density at radius 3 is 2.40 bits per heavy atom. The van der Waals surface area contributed by atoms with E-state index in [1.807, 2.05) is 50.8 Å². The van der Waals surface area contributed by atoms with E-state index in [9.17, 15) is 14.0 Å². The highest BCUT2D eigenvalue weighted by Gasteiger charge is 2.30. The minimum Gasteiger partial charge on any atom is -0.350 e. The molecule has 0 saturated carbocycles. The smallest absolute Gasteiger partial charge is 0.350 e. The summed E-state index contributed by atoms with van der Waals surface area (Å²) in [5.41, 5.74) is 0.482. The number of pyridine rings is 1. The average Bonchev–Trinajstić information content (AvgIpc) is 2.92. The van der Waals surface area contributed by atoms with Crippen LogP contribution in [0.1, 0.15) is 33.3 Å². The van der Waals surface area contributed by atoms with Crippen molar-refractivity contribution in [3.8, 4) is 16.9 Å². The predicted molar refractivity (Wildman–Crippen MR) is 153 cm³/mol. The molecule has 1 fully saturated rings. The molecule has 1 aliphatic rings. The number of nitrogens with zero attached hydrogens (tertiary/aromatic N) is 5. The normalized spacial score (nSPS) is 15.9. The Kier molecular flexibility index (Phi) is 6.99. The number of anilines is 1. The molecule has 0 aliphatic carbocycles. The lowest BCUT2D eigenvalue weighted by Crippen LogP contribution is -2.54. The molecular formula is C31H31F2N5O2. The van der Waals surface area contributed by atoms with Crippen LogP contribution in [-0.2, 0) is 10.2 Å². The van der Waals surface area contributed by atoms with Crippen molar-refractivity contribution in [2.75, 3.05) is 24.5 Å². The Hall–Kier alpha value is -4.40.